The number of oxazole rings is 1. The number of hydrogen-bond acceptors (Lipinski definition) is 8. The molecule has 1 saturated heterocycles. The molecule has 42 heavy (non-hydrogen) atoms. The summed E-state index contributed by atoms with van der Waals surface area (Å²) in [5.74, 6) is 1.39. The zero-order chi connectivity index (χ0) is 29.5. The van der Waals surface area contributed by atoms with E-state index in [2.05, 4.69) is 33.2 Å². The molecule has 0 atom stereocenters. The smallest absolute Gasteiger partial charge is 0.309 e. The van der Waals surface area contributed by atoms with Gasteiger partial charge in [-0.25, -0.2) is 4.98 Å². The van der Waals surface area contributed by atoms with Gasteiger partial charge in [0.25, 0.3) is 5.91 Å². The third kappa shape index (κ3) is 6.76. The van der Waals surface area contributed by atoms with Crippen molar-refractivity contribution in [3.63, 3.8) is 0 Å². The Kier molecular flexibility index (Phi) is 9.43. The number of piperidine rings is 1. The lowest BCUT2D eigenvalue weighted by atomic mass is 9.97. The summed E-state index contributed by atoms with van der Waals surface area (Å²) in [6, 6.07) is 14.1. The number of rotatable bonds is 12. The Morgan fingerprint density at radius 3 is 2.64 bits per heavy atom. The molecule has 0 radical (unpaired) electrons. The van der Waals surface area contributed by atoms with Gasteiger partial charge in [0.05, 0.1) is 33.3 Å². The van der Waals surface area contributed by atoms with Crippen molar-refractivity contribution in [3.8, 4) is 11.5 Å². The summed E-state index contributed by atoms with van der Waals surface area (Å²) in [4.78, 5) is 37.1. The van der Waals surface area contributed by atoms with E-state index in [0.29, 0.717) is 51.5 Å². The minimum atomic E-state index is -0.186. The third-order valence-corrected chi connectivity index (χ3v) is 7.79. The molecule has 0 spiro atoms. The zero-order valence-electron chi connectivity index (χ0n) is 24.4. The van der Waals surface area contributed by atoms with Gasteiger partial charge in [-0.1, -0.05) is 24.3 Å². The van der Waals surface area contributed by atoms with Crippen LogP contribution in [0, 0.1) is 5.92 Å². The highest BCUT2D eigenvalue weighted by Gasteiger charge is 2.30. The first kappa shape index (κ1) is 29.2. The van der Waals surface area contributed by atoms with Gasteiger partial charge in [0.15, 0.2) is 5.69 Å². The molecule has 5 rings (SSSR count). The summed E-state index contributed by atoms with van der Waals surface area (Å²) in [5, 5.41) is 1.20. The van der Waals surface area contributed by atoms with Crippen LogP contribution in [0.25, 0.3) is 10.9 Å². The Labute approximate surface area is 245 Å². The Morgan fingerprint density at radius 2 is 1.88 bits per heavy atom. The number of H-pyrrole nitrogens is 1. The molecule has 3 heterocycles. The molecule has 1 aliphatic heterocycles. The van der Waals surface area contributed by atoms with Gasteiger partial charge in [-0.2, -0.15) is 0 Å². The van der Waals surface area contributed by atoms with E-state index in [1.807, 2.05) is 30.3 Å². The summed E-state index contributed by atoms with van der Waals surface area (Å²) in [6.07, 6.45) is 5.47. The van der Waals surface area contributed by atoms with E-state index in [0.717, 1.165) is 35.5 Å². The van der Waals surface area contributed by atoms with Crippen LogP contribution in [-0.4, -0.2) is 72.1 Å². The number of esters is 1. The molecule has 10 nitrogen and oxygen atoms in total. The fourth-order valence-corrected chi connectivity index (χ4v) is 5.47. The molecule has 1 aliphatic rings. The summed E-state index contributed by atoms with van der Waals surface area (Å²) in [6.45, 7) is 4.86. The molecule has 2 aromatic heterocycles. The van der Waals surface area contributed by atoms with Crippen molar-refractivity contribution in [2.24, 2.45) is 5.92 Å². The lowest BCUT2D eigenvalue weighted by Crippen LogP contribution is -2.40. The van der Waals surface area contributed by atoms with E-state index in [9.17, 15) is 9.59 Å². The molecule has 0 saturated carbocycles. The number of methoxy groups -OCH3 is 2. The number of amides is 1. The van der Waals surface area contributed by atoms with Gasteiger partial charge in [0.1, 0.15) is 17.8 Å². The van der Waals surface area contributed by atoms with Gasteiger partial charge in [-0.05, 0) is 43.9 Å². The molecule has 4 aromatic rings. The largest absolute Gasteiger partial charge is 0.497 e. The highest BCUT2D eigenvalue weighted by molar-refractivity contribution is 5.92. The first-order valence-electron chi connectivity index (χ1n) is 14.4. The second-order valence-electron chi connectivity index (χ2n) is 10.4. The quantitative estimate of drug-likeness (QED) is 0.240. The number of carbonyl (C=O) groups excluding carboxylic acids is 2. The van der Waals surface area contributed by atoms with Crippen LogP contribution >= 0.6 is 0 Å². The Morgan fingerprint density at radius 1 is 1.07 bits per heavy atom. The maximum absolute atomic E-state index is 13.2. The molecule has 10 heteroatoms. The SMILES string of the molecule is CCOC(=O)C1CCN(C(=O)c2coc(CN(CCc3c[nH]c4ccccc34)Cc3ccc(OC)cc3OC)n2)CC1. The standard InChI is InChI=1S/C32H38N4O6/c1-4-41-32(38)22-12-15-36(16-13-22)31(37)28-21-42-30(34-28)20-35(19-24-9-10-25(39-2)17-29(24)40-3)14-11-23-18-33-27-8-6-5-7-26(23)27/h5-10,17-18,21-22,33H,4,11-16,19-20H2,1-3H3. The molecule has 0 bridgehead atoms. The first-order chi connectivity index (χ1) is 20.5. The van der Waals surface area contributed by atoms with Gasteiger partial charge in [0, 0.05) is 54.9 Å². The fraction of sp³-hybridized carbons (Fsp3) is 0.406. The van der Waals surface area contributed by atoms with Gasteiger partial charge >= 0.3 is 5.97 Å². The van der Waals surface area contributed by atoms with Crippen LogP contribution in [-0.2, 0) is 29.0 Å². The minimum Gasteiger partial charge on any atom is -0.497 e. The van der Waals surface area contributed by atoms with Gasteiger partial charge in [0.2, 0.25) is 5.89 Å². The predicted molar refractivity (Wildman–Crippen MR) is 157 cm³/mol. The predicted octanol–water partition coefficient (Wildman–Crippen LogP) is 4.83. The monoisotopic (exact) mass is 574 g/mol. The second kappa shape index (κ2) is 13.6. The van der Waals surface area contributed by atoms with Crippen LogP contribution in [0.1, 0.15) is 47.3 Å². The number of nitrogens with zero attached hydrogens (tertiary/aromatic N) is 3. The van der Waals surface area contributed by atoms with Crippen molar-refractivity contribution in [3.05, 3.63) is 77.6 Å². The van der Waals surface area contributed by atoms with Crippen LogP contribution in [0.15, 0.2) is 59.3 Å². The lowest BCUT2D eigenvalue weighted by molar-refractivity contribution is -0.149. The van der Waals surface area contributed by atoms with Crippen LogP contribution in [0.5, 0.6) is 11.5 Å². The first-order valence-corrected chi connectivity index (χ1v) is 14.4. The molecular formula is C32H38N4O6. The third-order valence-electron chi connectivity index (χ3n) is 7.79. The van der Waals surface area contributed by atoms with Crippen LogP contribution in [0.4, 0.5) is 0 Å². The molecule has 0 unspecified atom stereocenters. The Hall–Kier alpha value is -4.31. The summed E-state index contributed by atoms with van der Waals surface area (Å²) in [5.41, 5.74) is 3.62. The van der Waals surface area contributed by atoms with Crippen LogP contribution < -0.4 is 9.47 Å². The summed E-state index contributed by atoms with van der Waals surface area (Å²) in [7, 11) is 3.28. The van der Waals surface area contributed by atoms with E-state index in [1.165, 1.54) is 17.2 Å². The average molecular weight is 575 g/mol. The number of likely N-dealkylation sites (tertiary alicyclic amines) is 1. The van der Waals surface area contributed by atoms with Crippen molar-refractivity contribution in [2.45, 2.75) is 39.3 Å². The summed E-state index contributed by atoms with van der Waals surface area (Å²) < 4.78 is 22.0. The molecule has 1 fully saturated rings. The molecular weight excluding hydrogens is 536 g/mol. The molecule has 2 aromatic carbocycles. The Balaban J connectivity index is 1.28. The Bertz CT molecular complexity index is 1500. The van der Waals surface area contributed by atoms with Crippen molar-refractivity contribution >= 4 is 22.8 Å². The second-order valence-corrected chi connectivity index (χ2v) is 10.4. The van der Waals surface area contributed by atoms with Crippen LogP contribution in [0.2, 0.25) is 0 Å². The van der Waals surface area contributed by atoms with Crippen molar-refractivity contribution in [2.75, 3.05) is 40.5 Å². The van der Waals surface area contributed by atoms with Gasteiger partial charge < -0.3 is 28.5 Å². The minimum absolute atomic E-state index is 0.164. The van der Waals surface area contributed by atoms with Gasteiger partial charge in [-0.3, -0.25) is 14.5 Å². The van der Waals surface area contributed by atoms with E-state index < -0.39 is 0 Å². The number of benzene rings is 2. The maximum atomic E-state index is 13.2. The maximum Gasteiger partial charge on any atom is 0.309 e. The number of hydrogen-bond donors (Lipinski definition) is 1. The van der Waals surface area contributed by atoms with E-state index >= 15 is 0 Å². The number of aromatic nitrogens is 2. The number of aromatic amines is 1. The zero-order valence-corrected chi connectivity index (χ0v) is 24.4. The van der Waals surface area contributed by atoms with E-state index in [4.69, 9.17) is 18.6 Å². The molecule has 222 valence electrons. The summed E-state index contributed by atoms with van der Waals surface area (Å²) >= 11 is 0. The van der Waals surface area contributed by atoms with Crippen molar-refractivity contribution < 1.29 is 28.2 Å². The molecule has 1 N–H and O–H groups in total. The van der Waals surface area contributed by atoms with Crippen molar-refractivity contribution in [1.29, 1.82) is 0 Å². The number of para-hydroxylation sites is 1. The highest BCUT2D eigenvalue weighted by Crippen LogP contribution is 2.27. The number of nitrogens with one attached hydrogen (secondary N) is 1. The van der Waals surface area contributed by atoms with Crippen molar-refractivity contribution in [1.82, 2.24) is 19.8 Å². The van der Waals surface area contributed by atoms with E-state index in [-0.39, 0.29) is 23.5 Å². The average Bonchev–Trinajstić information content (AvgIpc) is 3.67. The normalized spacial score (nSPS) is 14.0. The highest BCUT2D eigenvalue weighted by atomic mass is 16.5. The van der Waals surface area contributed by atoms with Gasteiger partial charge in [-0.15, -0.1) is 0 Å². The molecule has 0 aliphatic carbocycles. The number of fused-ring (bicyclic) bond motifs is 1. The number of carbonyl (C=O) groups is 2. The van der Waals surface area contributed by atoms with E-state index in [1.54, 1.807) is 26.0 Å². The number of ether oxygens (including phenoxy) is 3. The van der Waals surface area contributed by atoms with Crippen LogP contribution in [0.3, 0.4) is 0 Å². The molecule has 1 amide bonds. The topological polar surface area (TPSA) is 110 Å². The lowest BCUT2D eigenvalue weighted by Gasteiger charge is -2.30. The fourth-order valence-electron chi connectivity index (χ4n) is 5.47.